The van der Waals surface area contributed by atoms with Gasteiger partial charge in [-0.15, -0.1) is 0 Å². The number of hydrogen-bond acceptors (Lipinski definition) is 4. The van der Waals surface area contributed by atoms with E-state index in [2.05, 4.69) is 6.92 Å². The fourth-order valence-electron chi connectivity index (χ4n) is 2.37. The number of esters is 2. The van der Waals surface area contributed by atoms with Gasteiger partial charge in [-0.25, -0.2) is 0 Å². The molecule has 0 spiro atoms. The second kappa shape index (κ2) is 12.6. The molecule has 24 heavy (non-hydrogen) atoms. The van der Waals surface area contributed by atoms with Crippen LogP contribution in [0.4, 0.5) is 0 Å². The summed E-state index contributed by atoms with van der Waals surface area (Å²) in [5, 5.41) is 0. The summed E-state index contributed by atoms with van der Waals surface area (Å²) in [5.41, 5.74) is 0.896. The van der Waals surface area contributed by atoms with Crippen LogP contribution in [0.15, 0.2) is 24.3 Å². The molecule has 4 heteroatoms. The van der Waals surface area contributed by atoms with E-state index in [-0.39, 0.29) is 18.8 Å². The van der Waals surface area contributed by atoms with Gasteiger partial charge in [-0.1, -0.05) is 63.6 Å². The lowest BCUT2D eigenvalue weighted by Crippen LogP contribution is -2.13. The Morgan fingerprint density at radius 2 is 1.50 bits per heavy atom. The molecule has 0 saturated carbocycles. The lowest BCUT2D eigenvalue weighted by atomic mass is 10.1. The third kappa shape index (κ3) is 9.33. The number of carbonyl (C=O) groups is 2. The van der Waals surface area contributed by atoms with Gasteiger partial charge in [0.1, 0.15) is 5.75 Å². The molecule has 0 aromatic heterocycles. The lowest BCUT2D eigenvalue weighted by Gasteiger charge is -2.07. The Morgan fingerprint density at radius 3 is 2.21 bits per heavy atom. The molecule has 0 fully saturated rings. The van der Waals surface area contributed by atoms with Gasteiger partial charge in [0.15, 0.2) is 0 Å². The summed E-state index contributed by atoms with van der Waals surface area (Å²) >= 11 is 0. The Bertz CT molecular complexity index is 496. The van der Waals surface area contributed by atoms with Crippen molar-refractivity contribution in [2.75, 3.05) is 6.61 Å². The van der Waals surface area contributed by atoms with Crippen molar-refractivity contribution in [3.8, 4) is 5.75 Å². The quantitative estimate of drug-likeness (QED) is 0.307. The molecule has 0 atom stereocenters. The molecule has 0 heterocycles. The number of ether oxygens (including phenoxy) is 2. The minimum Gasteiger partial charge on any atom is -0.466 e. The number of aryl methyl sites for hydroxylation is 1. The average molecular weight is 334 g/mol. The zero-order valence-corrected chi connectivity index (χ0v) is 15.0. The van der Waals surface area contributed by atoms with Gasteiger partial charge in [0, 0.05) is 0 Å². The van der Waals surface area contributed by atoms with Gasteiger partial charge in [0.05, 0.1) is 19.4 Å². The highest BCUT2D eigenvalue weighted by molar-refractivity contribution is 5.79. The summed E-state index contributed by atoms with van der Waals surface area (Å²) in [6.07, 6.45) is 8.40. The first-order chi connectivity index (χ1) is 11.6. The predicted octanol–water partition coefficient (Wildman–Crippen LogP) is 4.97. The van der Waals surface area contributed by atoms with E-state index in [1.165, 1.54) is 32.1 Å². The van der Waals surface area contributed by atoms with Crippen LogP contribution in [-0.2, 0) is 14.3 Å². The molecule has 0 saturated heterocycles. The highest BCUT2D eigenvalue weighted by Crippen LogP contribution is 2.17. The highest BCUT2D eigenvalue weighted by Gasteiger charge is 2.11. The van der Waals surface area contributed by atoms with Crippen LogP contribution >= 0.6 is 0 Å². The van der Waals surface area contributed by atoms with Crippen LogP contribution in [-0.4, -0.2) is 18.5 Å². The summed E-state index contributed by atoms with van der Waals surface area (Å²) in [5.74, 6) is -0.196. The van der Waals surface area contributed by atoms with Crippen molar-refractivity contribution in [3.05, 3.63) is 29.8 Å². The van der Waals surface area contributed by atoms with Crippen molar-refractivity contribution < 1.29 is 19.1 Å². The van der Waals surface area contributed by atoms with Gasteiger partial charge in [0.2, 0.25) is 0 Å². The van der Waals surface area contributed by atoms with Crippen LogP contribution in [0.1, 0.15) is 70.3 Å². The van der Waals surface area contributed by atoms with Gasteiger partial charge < -0.3 is 9.47 Å². The van der Waals surface area contributed by atoms with Gasteiger partial charge in [-0.3, -0.25) is 9.59 Å². The molecule has 0 aliphatic rings. The number of carbonyl (C=O) groups excluding carboxylic acids is 2. The van der Waals surface area contributed by atoms with Crippen molar-refractivity contribution in [2.24, 2.45) is 0 Å². The molecule has 0 unspecified atom stereocenters. The third-order valence-electron chi connectivity index (χ3n) is 3.86. The number of para-hydroxylation sites is 1. The maximum Gasteiger partial charge on any atom is 0.311 e. The molecule has 0 N–H and O–H groups in total. The SMILES string of the molecule is CCCCCCCCCOC(=O)CCC(=O)Oc1ccccc1C. The number of hydrogen-bond donors (Lipinski definition) is 0. The minimum absolute atomic E-state index is 0.0458. The van der Waals surface area contributed by atoms with Crippen molar-refractivity contribution in [2.45, 2.75) is 71.6 Å². The molecule has 0 aliphatic heterocycles. The van der Waals surface area contributed by atoms with Crippen molar-refractivity contribution in [3.63, 3.8) is 0 Å². The molecule has 0 aliphatic carbocycles. The Labute approximate surface area is 145 Å². The normalized spacial score (nSPS) is 10.4. The molecule has 4 nitrogen and oxygen atoms in total. The average Bonchev–Trinajstić information content (AvgIpc) is 2.57. The molecule has 1 aromatic carbocycles. The van der Waals surface area contributed by atoms with E-state index in [1.807, 2.05) is 25.1 Å². The summed E-state index contributed by atoms with van der Waals surface area (Å²) in [7, 11) is 0. The van der Waals surface area contributed by atoms with Crippen molar-refractivity contribution in [1.29, 1.82) is 0 Å². The number of unbranched alkanes of at least 4 members (excludes halogenated alkanes) is 6. The van der Waals surface area contributed by atoms with Gasteiger partial charge >= 0.3 is 11.9 Å². The van der Waals surface area contributed by atoms with Crippen LogP contribution in [0.2, 0.25) is 0 Å². The molecule has 1 aromatic rings. The van der Waals surface area contributed by atoms with E-state index in [4.69, 9.17) is 9.47 Å². The molecule has 0 bridgehead atoms. The van der Waals surface area contributed by atoms with Gasteiger partial charge in [-0.05, 0) is 25.0 Å². The number of rotatable bonds is 12. The first-order valence-corrected chi connectivity index (χ1v) is 9.05. The second-order valence-corrected chi connectivity index (χ2v) is 6.08. The van der Waals surface area contributed by atoms with E-state index in [1.54, 1.807) is 6.07 Å². The zero-order chi connectivity index (χ0) is 17.6. The van der Waals surface area contributed by atoms with Gasteiger partial charge in [-0.2, -0.15) is 0 Å². The van der Waals surface area contributed by atoms with Crippen LogP contribution in [0, 0.1) is 6.92 Å². The summed E-state index contributed by atoms with van der Waals surface area (Å²) in [6.45, 7) is 4.52. The summed E-state index contributed by atoms with van der Waals surface area (Å²) in [4.78, 5) is 23.4. The van der Waals surface area contributed by atoms with Crippen LogP contribution < -0.4 is 4.74 Å². The molecule has 134 valence electrons. The van der Waals surface area contributed by atoms with Crippen molar-refractivity contribution in [1.82, 2.24) is 0 Å². The zero-order valence-electron chi connectivity index (χ0n) is 15.0. The fraction of sp³-hybridized carbons (Fsp3) is 0.600. The molecular formula is C20H30O4. The van der Waals surface area contributed by atoms with E-state index >= 15 is 0 Å². The van der Waals surface area contributed by atoms with Crippen LogP contribution in [0.3, 0.4) is 0 Å². The maximum absolute atomic E-state index is 11.7. The standard InChI is InChI=1S/C20H30O4/c1-3-4-5-6-7-8-11-16-23-19(21)14-15-20(22)24-18-13-10-9-12-17(18)2/h9-10,12-13H,3-8,11,14-16H2,1-2H3. The topological polar surface area (TPSA) is 52.6 Å². The Morgan fingerprint density at radius 1 is 0.875 bits per heavy atom. The van der Waals surface area contributed by atoms with E-state index in [9.17, 15) is 9.59 Å². The second-order valence-electron chi connectivity index (χ2n) is 6.08. The predicted molar refractivity (Wildman–Crippen MR) is 95.0 cm³/mol. The van der Waals surface area contributed by atoms with E-state index in [0.717, 1.165) is 18.4 Å². The number of benzene rings is 1. The van der Waals surface area contributed by atoms with Crippen LogP contribution in [0.25, 0.3) is 0 Å². The van der Waals surface area contributed by atoms with Crippen molar-refractivity contribution >= 4 is 11.9 Å². The summed E-state index contributed by atoms with van der Waals surface area (Å²) < 4.78 is 10.4. The Hall–Kier alpha value is -1.84. The lowest BCUT2D eigenvalue weighted by molar-refractivity contribution is -0.147. The van der Waals surface area contributed by atoms with E-state index < -0.39 is 5.97 Å². The largest absolute Gasteiger partial charge is 0.466 e. The summed E-state index contributed by atoms with van der Waals surface area (Å²) in [6, 6.07) is 7.31. The monoisotopic (exact) mass is 334 g/mol. The van der Waals surface area contributed by atoms with Gasteiger partial charge in [0.25, 0.3) is 0 Å². The molecule has 1 rings (SSSR count). The molecule has 0 amide bonds. The minimum atomic E-state index is -0.405. The fourth-order valence-corrected chi connectivity index (χ4v) is 2.37. The highest BCUT2D eigenvalue weighted by atomic mass is 16.5. The first kappa shape index (κ1) is 20.2. The third-order valence-corrected chi connectivity index (χ3v) is 3.86. The Balaban J connectivity index is 2.05. The maximum atomic E-state index is 11.7. The first-order valence-electron chi connectivity index (χ1n) is 9.05. The van der Waals surface area contributed by atoms with E-state index in [0.29, 0.717) is 12.4 Å². The Kier molecular flexibility index (Phi) is 10.6. The molecule has 0 radical (unpaired) electrons. The smallest absolute Gasteiger partial charge is 0.311 e. The molecular weight excluding hydrogens is 304 g/mol. The van der Waals surface area contributed by atoms with Crippen LogP contribution in [0.5, 0.6) is 5.75 Å².